The third-order valence-corrected chi connectivity index (χ3v) is 4.29. The molecule has 0 radical (unpaired) electrons. The quantitative estimate of drug-likeness (QED) is 0.850. The standard InChI is InChI=1S/C14H18BrN3/c1-17-6-4-11(5-7-17)9-18-10-12-8-13(15)2-3-14(12)16-18/h2-3,8,10-11H,4-7,9H2,1H3. The molecule has 0 atom stereocenters. The maximum atomic E-state index is 4.65. The van der Waals surface area contributed by atoms with Crippen molar-refractivity contribution >= 4 is 26.8 Å². The second-order valence-corrected chi connectivity index (χ2v) is 6.22. The summed E-state index contributed by atoms with van der Waals surface area (Å²) in [5, 5.41) is 5.87. The van der Waals surface area contributed by atoms with E-state index in [1.807, 2.05) is 0 Å². The highest BCUT2D eigenvalue weighted by molar-refractivity contribution is 9.10. The summed E-state index contributed by atoms with van der Waals surface area (Å²) in [5.74, 6) is 0.777. The molecule has 3 rings (SSSR count). The SMILES string of the molecule is CN1CCC(Cn2cc3cc(Br)ccc3n2)CC1. The van der Waals surface area contributed by atoms with Gasteiger partial charge in [0.25, 0.3) is 0 Å². The molecule has 0 bridgehead atoms. The van der Waals surface area contributed by atoms with Crippen molar-refractivity contribution in [1.29, 1.82) is 0 Å². The van der Waals surface area contributed by atoms with Crippen molar-refractivity contribution in [2.45, 2.75) is 19.4 Å². The van der Waals surface area contributed by atoms with E-state index in [0.29, 0.717) is 0 Å². The molecule has 1 fully saturated rings. The predicted octanol–water partition coefficient (Wildman–Crippen LogP) is 3.14. The number of benzene rings is 1. The van der Waals surface area contributed by atoms with Crippen LogP contribution in [0.1, 0.15) is 12.8 Å². The molecule has 2 aromatic rings. The fourth-order valence-corrected chi connectivity index (χ4v) is 3.03. The zero-order chi connectivity index (χ0) is 12.5. The van der Waals surface area contributed by atoms with E-state index in [9.17, 15) is 0 Å². The van der Waals surface area contributed by atoms with Gasteiger partial charge in [-0.25, -0.2) is 0 Å². The van der Waals surface area contributed by atoms with E-state index in [-0.39, 0.29) is 0 Å². The largest absolute Gasteiger partial charge is 0.306 e. The van der Waals surface area contributed by atoms with Gasteiger partial charge in [-0.1, -0.05) is 15.9 Å². The first-order chi connectivity index (χ1) is 8.70. The van der Waals surface area contributed by atoms with Crippen LogP contribution in [0.2, 0.25) is 0 Å². The number of likely N-dealkylation sites (tertiary alicyclic amines) is 1. The smallest absolute Gasteiger partial charge is 0.0924 e. The Hall–Kier alpha value is -0.870. The Labute approximate surface area is 116 Å². The van der Waals surface area contributed by atoms with Crippen LogP contribution in [0.25, 0.3) is 10.9 Å². The Morgan fingerprint density at radius 2 is 2.11 bits per heavy atom. The zero-order valence-corrected chi connectivity index (χ0v) is 12.2. The number of hydrogen-bond acceptors (Lipinski definition) is 2. The molecule has 1 aromatic carbocycles. The van der Waals surface area contributed by atoms with Gasteiger partial charge >= 0.3 is 0 Å². The van der Waals surface area contributed by atoms with Crippen molar-refractivity contribution in [2.24, 2.45) is 5.92 Å². The van der Waals surface area contributed by atoms with Gasteiger partial charge in [-0.05, 0) is 57.1 Å². The topological polar surface area (TPSA) is 21.1 Å². The van der Waals surface area contributed by atoms with Crippen molar-refractivity contribution in [3.05, 3.63) is 28.9 Å². The summed E-state index contributed by atoms with van der Waals surface area (Å²) in [6.45, 7) is 3.49. The normalized spacial score (nSPS) is 18.6. The van der Waals surface area contributed by atoms with Crippen molar-refractivity contribution in [3.63, 3.8) is 0 Å². The van der Waals surface area contributed by atoms with E-state index in [1.165, 1.54) is 31.3 Å². The molecule has 0 amide bonds. The van der Waals surface area contributed by atoms with Crippen LogP contribution in [0.3, 0.4) is 0 Å². The molecular formula is C14H18BrN3. The lowest BCUT2D eigenvalue weighted by Crippen LogP contribution is -2.31. The van der Waals surface area contributed by atoms with Crippen molar-refractivity contribution in [1.82, 2.24) is 14.7 Å². The van der Waals surface area contributed by atoms with Gasteiger partial charge in [-0.15, -0.1) is 0 Å². The van der Waals surface area contributed by atoms with Gasteiger partial charge in [0.2, 0.25) is 0 Å². The number of hydrogen-bond donors (Lipinski definition) is 0. The summed E-state index contributed by atoms with van der Waals surface area (Å²) in [6.07, 6.45) is 4.74. The Morgan fingerprint density at radius 3 is 2.89 bits per heavy atom. The van der Waals surface area contributed by atoms with E-state index in [4.69, 9.17) is 0 Å². The number of nitrogens with zero attached hydrogens (tertiary/aromatic N) is 3. The van der Waals surface area contributed by atoms with Crippen LogP contribution in [-0.4, -0.2) is 34.8 Å². The first-order valence-electron chi connectivity index (χ1n) is 6.52. The van der Waals surface area contributed by atoms with E-state index in [1.54, 1.807) is 0 Å². The first kappa shape index (κ1) is 12.2. The minimum atomic E-state index is 0.777. The molecule has 1 aliphatic rings. The van der Waals surface area contributed by atoms with Crippen molar-refractivity contribution in [2.75, 3.05) is 20.1 Å². The van der Waals surface area contributed by atoms with Crippen LogP contribution in [0.5, 0.6) is 0 Å². The zero-order valence-electron chi connectivity index (χ0n) is 10.6. The number of aromatic nitrogens is 2. The summed E-state index contributed by atoms with van der Waals surface area (Å²) in [5.41, 5.74) is 1.09. The Bertz CT molecular complexity index is 541. The van der Waals surface area contributed by atoms with Crippen LogP contribution in [0.4, 0.5) is 0 Å². The van der Waals surface area contributed by atoms with Crippen LogP contribution < -0.4 is 0 Å². The van der Waals surface area contributed by atoms with Gasteiger partial charge in [-0.2, -0.15) is 5.10 Å². The van der Waals surface area contributed by atoms with E-state index in [2.05, 4.69) is 62.1 Å². The molecule has 0 unspecified atom stereocenters. The molecule has 1 saturated heterocycles. The van der Waals surface area contributed by atoms with Crippen LogP contribution in [-0.2, 0) is 6.54 Å². The van der Waals surface area contributed by atoms with E-state index >= 15 is 0 Å². The number of fused-ring (bicyclic) bond motifs is 1. The Kier molecular flexibility index (Phi) is 3.39. The average molecular weight is 308 g/mol. The van der Waals surface area contributed by atoms with Crippen molar-refractivity contribution < 1.29 is 0 Å². The lowest BCUT2D eigenvalue weighted by atomic mass is 9.97. The number of piperidine rings is 1. The predicted molar refractivity (Wildman–Crippen MR) is 77.7 cm³/mol. The molecule has 2 heterocycles. The molecule has 18 heavy (non-hydrogen) atoms. The highest BCUT2D eigenvalue weighted by atomic mass is 79.9. The van der Waals surface area contributed by atoms with Crippen LogP contribution >= 0.6 is 15.9 Å². The fourth-order valence-electron chi connectivity index (χ4n) is 2.65. The molecule has 0 aliphatic carbocycles. The van der Waals surface area contributed by atoms with Crippen LogP contribution in [0, 0.1) is 5.92 Å². The van der Waals surface area contributed by atoms with E-state index < -0.39 is 0 Å². The third-order valence-electron chi connectivity index (χ3n) is 3.80. The minimum absolute atomic E-state index is 0.777. The fraction of sp³-hybridized carbons (Fsp3) is 0.500. The molecule has 0 spiro atoms. The van der Waals surface area contributed by atoms with Crippen molar-refractivity contribution in [3.8, 4) is 0 Å². The number of halogens is 1. The maximum Gasteiger partial charge on any atom is 0.0924 e. The van der Waals surface area contributed by atoms with Gasteiger partial charge in [0, 0.05) is 22.6 Å². The molecule has 0 saturated carbocycles. The van der Waals surface area contributed by atoms with Gasteiger partial charge in [0.15, 0.2) is 0 Å². The molecular weight excluding hydrogens is 290 g/mol. The summed E-state index contributed by atoms with van der Waals surface area (Å²) in [4.78, 5) is 2.41. The Morgan fingerprint density at radius 1 is 1.33 bits per heavy atom. The number of rotatable bonds is 2. The van der Waals surface area contributed by atoms with Crippen LogP contribution in [0.15, 0.2) is 28.9 Å². The molecule has 4 heteroatoms. The monoisotopic (exact) mass is 307 g/mol. The summed E-state index contributed by atoms with van der Waals surface area (Å²) < 4.78 is 3.24. The lowest BCUT2D eigenvalue weighted by Gasteiger charge is -2.28. The molecule has 3 nitrogen and oxygen atoms in total. The molecule has 1 aromatic heterocycles. The van der Waals surface area contributed by atoms with Gasteiger partial charge in [-0.3, -0.25) is 4.68 Å². The Balaban J connectivity index is 1.74. The highest BCUT2D eigenvalue weighted by Gasteiger charge is 2.17. The summed E-state index contributed by atoms with van der Waals surface area (Å²) in [6, 6.07) is 6.26. The average Bonchev–Trinajstić information content (AvgIpc) is 2.73. The highest BCUT2D eigenvalue weighted by Crippen LogP contribution is 2.21. The first-order valence-corrected chi connectivity index (χ1v) is 7.31. The summed E-state index contributed by atoms with van der Waals surface area (Å²) >= 11 is 3.50. The molecule has 1 aliphatic heterocycles. The summed E-state index contributed by atoms with van der Waals surface area (Å²) in [7, 11) is 2.20. The molecule has 96 valence electrons. The second kappa shape index (κ2) is 5.02. The maximum absolute atomic E-state index is 4.65. The van der Waals surface area contributed by atoms with Gasteiger partial charge < -0.3 is 4.90 Å². The van der Waals surface area contributed by atoms with E-state index in [0.717, 1.165) is 22.5 Å². The minimum Gasteiger partial charge on any atom is -0.306 e. The van der Waals surface area contributed by atoms with Gasteiger partial charge in [0.1, 0.15) is 0 Å². The van der Waals surface area contributed by atoms with Gasteiger partial charge in [0.05, 0.1) is 5.52 Å². The second-order valence-electron chi connectivity index (χ2n) is 5.30. The third kappa shape index (κ3) is 2.59. The lowest BCUT2D eigenvalue weighted by molar-refractivity contribution is 0.201. The molecule has 0 N–H and O–H groups in total.